The molecule has 1 fully saturated rings. The van der Waals surface area contributed by atoms with E-state index in [1.807, 2.05) is 0 Å². The molecule has 1 aromatic rings. The fraction of sp³-hybridized carbons (Fsp3) is 0.364. The van der Waals surface area contributed by atoms with Crippen molar-refractivity contribution in [3.8, 4) is 5.75 Å². The van der Waals surface area contributed by atoms with Crippen molar-refractivity contribution in [2.24, 2.45) is 5.73 Å². The van der Waals surface area contributed by atoms with Gasteiger partial charge in [-0.15, -0.1) is 0 Å². The van der Waals surface area contributed by atoms with Gasteiger partial charge < -0.3 is 15.8 Å². The maximum absolute atomic E-state index is 11.3. The first-order valence-electron chi connectivity index (χ1n) is 5.53. The van der Waals surface area contributed by atoms with Gasteiger partial charge in [-0.3, -0.25) is 14.9 Å². The van der Waals surface area contributed by atoms with Crippen LogP contribution in [0, 0.1) is 10.1 Å². The lowest BCUT2D eigenvalue weighted by atomic mass is 10.1. The zero-order valence-corrected chi connectivity index (χ0v) is 9.59. The molecule has 0 saturated carbocycles. The molecule has 1 amide bonds. The summed E-state index contributed by atoms with van der Waals surface area (Å²) in [6.45, 7) is 1.54. The number of nitrogens with zero attached hydrogens (tertiary/aromatic N) is 1. The van der Waals surface area contributed by atoms with Gasteiger partial charge in [-0.25, -0.2) is 0 Å². The fourth-order valence-electron chi connectivity index (χ4n) is 1.84. The average Bonchev–Trinajstić information content (AvgIpc) is 2.81. The molecule has 2 rings (SSSR count). The van der Waals surface area contributed by atoms with Crippen LogP contribution in [0.25, 0.3) is 0 Å². The van der Waals surface area contributed by atoms with Crippen molar-refractivity contribution in [2.45, 2.75) is 12.5 Å². The highest BCUT2D eigenvalue weighted by molar-refractivity contribution is 5.96. The number of primary amides is 1. The Balaban J connectivity index is 2.28. The lowest BCUT2D eigenvalue weighted by Gasteiger charge is -2.14. The molecular weight excluding hydrogens is 238 g/mol. The van der Waals surface area contributed by atoms with Gasteiger partial charge in [-0.2, -0.15) is 0 Å². The molecule has 3 N–H and O–H groups in total. The van der Waals surface area contributed by atoms with E-state index in [1.165, 1.54) is 12.1 Å². The molecule has 0 bridgehead atoms. The molecule has 7 heteroatoms. The Morgan fingerprint density at radius 1 is 1.56 bits per heavy atom. The molecule has 1 aromatic carbocycles. The summed E-state index contributed by atoms with van der Waals surface area (Å²) < 4.78 is 5.62. The normalized spacial score (nSPS) is 18.6. The zero-order chi connectivity index (χ0) is 13.1. The van der Waals surface area contributed by atoms with Crippen LogP contribution in [0.1, 0.15) is 16.8 Å². The summed E-state index contributed by atoms with van der Waals surface area (Å²) in [6.07, 6.45) is 0.791. The van der Waals surface area contributed by atoms with Crippen LogP contribution >= 0.6 is 0 Å². The Labute approximate surface area is 103 Å². The Morgan fingerprint density at radius 2 is 2.33 bits per heavy atom. The Bertz CT molecular complexity index is 483. The topological polar surface area (TPSA) is 107 Å². The minimum Gasteiger partial charge on any atom is -0.488 e. The van der Waals surface area contributed by atoms with E-state index in [2.05, 4.69) is 5.32 Å². The van der Waals surface area contributed by atoms with E-state index < -0.39 is 10.8 Å². The number of nitrogens with one attached hydrogen (secondary N) is 1. The van der Waals surface area contributed by atoms with E-state index in [0.717, 1.165) is 19.0 Å². The SMILES string of the molecule is NC(=O)c1cc([N+](=O)[O-])ccc1OC1CCNC1. The highest BCUT2D eigenvalue weighted by atomic mass is 16.6. The van der Waals surface area contributed by atoms with E-state index in [-0.39, 0.29) is 17.4 Å². The maximum atomic E-state index is 11.3. The van der Waals surface area contributed by atoms with Crippen molar-refractivity contribution < 1.29 is 14.5 Å². The highest BCUT2D eigenvalue weighted by Gasteiger charge is 2.21. The fourth-order valence-corrected chi connectivity index (χ4v) is 1.84. The van der Waals surface area contributed by atoms with Crippen molar-refractivity contribution >= 4 is 11.6 Å². The molecule has 1 aliphatic rings. The highest BCUT2D eigenvalue weighted by Crippen LogP contribution is 2.25. The molecule has 96 valence electrons. The second-order valence-electron chi connectivity index (χ2n) is 4.03. The Hall–Kier alpha value is -2.15. The number of nitrogens with two attached hydrogens (primary N) is 1. The van der Waals surface area contributed by atoms with Gasteiger partial charge in [0, 0.05) is 18.7 Å². The molecular formula is C11H13N3O4. The van der Waals surface area contributed by atoms with Crippen molar-refractivity contribution in [2.75, 3.05) is 13.1 Å². The molecule has 1 aliphatic heterocycles. The third-order valence-corrected chi connectivity index (χ3v) is 2.75. The zero-order valence-electron chi connectivity index (χ0n) is 9.59. The first-order chi connectivity index (χ1) is 8.58. The predicted molar refractivity (Wildman–Crippen MR) is 63.5 cm³/mol. The number of carbonyl (C=O) groups is 1. The smallest absolute Gasteiger partial charge is 0.270 e. The number of hydrogen-bond acceptors (Lipinski definition) is 5. The maximum Gasteiger partial charge on any atom is 0.270 e. The molecule has 0 aliphatic carbocycles. The average molecular weight is 251 g/mol. The third kappa shape index (κ3) is 2.57. The summed E-state index contributed by atoms with van der Waals surface area (Å²) in [4.78, 5) is 21.3. The van der Waals surface area contributed by atoms with Crippen LogP contribution in [0.4, 0.5) is 5.69 Å². The molecule has 7 nitrogen and oxygen atoms in total. The predicted octanol–water partition coefficient (Wildman–Crippen LogP) is 0.434. The van der Waals surface area contributed by atoms with Gasteiger partial charge in [-0.05, 0) is 19.0 Å². The Morgan fingerprint density at radius 3 is 2.89 bits per heavy atom. The minimum atomic E-state index is -0.736. The van der Waals surface area contributed by atoms with Gasteiger partial charge in [0.1, 0.15) is 11.9 Å². The summed E-state index contributed by atoms with van der Waals surface area (Å²) in [7, 11) is 0. The molecule has 1 heterocycles. The van der Waals surface area contributed by atoms with Gasteiger partial charge in [0.2, 0.25) is 0 Å². The van der Waals surface area contributed by atoms with Gasteiger partial charge >= 0.3 is 0 Å². The summed E-state index contributed by atoms with van der Waals surface area (Å²) in [5.41, 5.74) is 5.06. The number of ether oxygens (including phenoxy) is 1. The van der Waals surface area contributed by atoms with Crippen LogP contribution < -0.4 is 15.8 Å². The molecule has 0 aromatic heterocycles. The number of nitro groups is 1. The van der Waals surface area contributed by atoms with E-state index in [1.54, 1.807) is 0 Å². The number of carbonyl (C=O) groups excluding carboxylic acids is 1. The summed E-state index contributed by atoms with van der Waals surface area (Å²) in [5, 5.41) is 13.8. The summed E-state index contributed by atoms with van der Waals surface area (Å²) in [5.74, 6) is -0.443. The largest absolute Gasteiger partial charge is 0.488 e. The lowest BCUT2D eigenvalue weighted by molar-refractivity contribution is -0.384. The molecule has 0 spiro atoms. The lowest BCUT2D eigenvalue weighted by Crippen LogP contribution is -2.22. The molecule has 1 unspecified atom stereocenters. The standard InChI is InChI=1S/C11H13N3O4/c12-11(15)9-5-7(14(16)17)1-2-10(9)18-8-3-4-13-6-8/h1-2,5,8,13H,3-4,6H2,(H2,12,15). The van der Waals surface area contributed by atoms with E-state index in [9.17, 15) is 14.9 Å². The van der Waals surface area contributed by atoms with Crippen LogP contribution in [0.2, 0.25) is 0 Å². The van der Waals surface area contributed by atoms with Crippen LogP contribution in [0.5, 0.6) is 5.75 Å². The Kier molecular flexibility index (Phi) is 3.42. The van der Waals surface area contributed by atoms with Crippen molar-refractivity contribution in [1.82, 2.24) is 5.32 Å². The molecule has 1 atom stereocenters. The number of nitro benzene ring substituents is 1. The van der Waals surface area contributed by atoms with Gasteiger partial charge in [0.25, 0.3) is 11.6 Å². The minimum absolute atomic E-state index is 0.0374. The first kappa shape index (κ1) is 12.3. The van der Waals surface area contributed by atoms with Crippen LogP contribution in [0.3, 0.4) is 0 Å². The van der Waals surface area contributed by atoms with E-state index in [0.29, 0.717) is 12.3 Å². The monoisotopic (exact) mass is 251 g/mol. The van der Waals surface area contributed by atoms with Crippen LogP contribution in [0.15, 0.2) is 18.2 Å². The van der Waals surface area contributed by atoms with Gasteiger partial charge in [0.05, 0.1) is 10.5 Å². The van der Waals surface area contributed by atoms with Gasteiger partial charge in [0.15, 0.2) is 0 Å². The second kappa shape index (κ2) is 5.01. The first-order valence-corrected chi connectivity index (χ1v) is 5.53. The number of benzene rings is 1. The van der Waals surface area contributed by atoms with E-state index in [4.69, 9.17) is 10.5 Å². The number of hydrogen-bond donors (Lipinski definition) is 2. The summed E-state index contributed by atoms with van der Waals surface area (Å²) in [6, 6.07) is 3.85. The van der Waals surface area contributed by atoms with Crippen LogP contribution in [-0.4, -0.2) is 30.0 Å². The third-order valence-electron chi connectivity index (χ3n) is 2.75. The number of non-ortho nitro benzene ring substituents is 1. The number of amides is 1. The second-order valence-corrected chi connectivity index (χ2v) is 4.03. The quantitative estimate of drug-likeness (QED) is 0.596. The van der Waals surface area contributed by atoms with Crippen LogP contribution in [-0.2, 0) is 0 Å². The summed E-state index contributed by atoms with van der Waals surface area (Å²) >= 11 is 0. The molecule has 18 heavy (non-hydrogen) atoms. The van der Waals surface area contributed by atoms with E-state index >= 15 is 0 Å². The van der Waals surface area contributed by atoms with Crippen molar-refractivity contribution in [3.05, 3.63) is 33.9 Å². The van der Waals surface area contributed by atoms with Gasteiger partial charge in [-0.1, -0.05) is 0 Å². The van der Waals surface area contributed by atoms with Crippen molar-refractivity contribution in [3.63, 3.8) is 0 Å². The molecule has 0 radical (unpaired) electrons. The number of rotatable bonds is 4. The molecule has 1 saturated heterocycles. The van der Waals surface area contributed by atoms with Crippen molar-refractivity contribution in [1.29, 1.82) is 0 Å².